The average molecular weight is 681 g/mol. The molecule has 0 unspecified atom stereocenters. The van der Waals surface area contributed by atoms with E-state index in [0.717, 1.165) is 0 Å². The summed E-state index contributed by atoms with van der Waals surface area (Å²) in [5, 5.41) is 9.72. The fourth-order valence-electron chi connectivity index (χ4n) is 9.08. The predicted molar refractivity (Wildman–Crippen MR) is 222 cm³/mol. The van der Waals surface area contributed by atoms with Crippen molar-refractivity contribution in [2.45, 2.75) is 134 Å². The van der Waals surface area contributed by atoms with Gasteiger partial charge in [0.1, 0.15) is 0 Å². The smallest absolute Gasteiger partial charge is 0.0656 e. The van der Waals surface area contributed by atoms with E-state index >= 15 is 0 Å². The Balaban J connectivity index is 2.38. The van der Waals surface area contributed by atoms with Crippen molar-refractivity contribution >= 4 is 63.4 Å². The molecule has 0 N–H and O–H groups in total. The Labute approximate surface area is 287 Å². The molecule has 0 spiro atoms. The van der Waals surface area contributed by atoms with Gasteiger partial charge < -0.3 is 0 Å². The maximum absolute atomic E-state index is 2.74. The monoisotopic (exact) mass is 680 g/mol. The van der Waals surface area contributed by atoms with Gasteiger partial charge in [0, 0.05) is 5.54 Å². The molecule has 4 heteroatoms. The summed E-state index contributed by atoms with van der Waals surface area (Å²) in [7, 11) is -7.31. The van der Waals surface area contributed by atoms with Crippen LogP contribution in [0, 0.1) is 41.5 Å². The van der Waals surface area contributed by atoms with Gasteiger partial charge in [-0.25, -0.2) is 0 Å². The lowest BCUT2D eigenvalue weighted by atomic mass is 10.1. The van der Waals surface area contributed by atoms with Crippen molar-refractivity contribution in [3.63, 3.8) is 0 Å². The van der Waals surface area contributed by atoms with Gasteiger partial charge in [0.2, 0.25) is 0 Å². The lowest BCUT2D eigenvalue weighted by Gasteiger charge is -2.45. The maximum atomic E-state index is 2.63. The molecule has 0 nitrogen and oxygen atoms in total. The summed E-state index contributed by atoms with van der Waals surface area (Å²) in [6, 6.07) is 15.6. The Morgan fingerprint density at radius 2 is 0.522 bits per heavy atom. The molecule has 248 valence electrons. The third kappa shape index (κ3) is 5.73. The van der Waals surface area contributed by atoms with Gasteiger partial charge in [0.05, 0.1) is 24.2 Å². The van der Waals surface area contributed by atoms with Crippen LogP contribution in [0.15, 0.2) is 58.7 Å². The van der Waals surface area contributed by atoms with E-state index in [2.05, 4.69) is 165 Å². The minimum atomic E-state index is -2.74. The molecule has 0 radical (unpaired) electrons. The molecule has 1 aliphatic carbocycles. The van der Waals surface area contributed by atoms with Gasteiger partial charge in [0.15, 0.2) is 8.07 Å². The fourth-order valence-corrected chi connectivity index (χ4v) is 21.7. The van der Waals surface area contributed by atoms with E-state index in [1.165, 1.54) is 44.5 Å². The summed E-state index contributed by atoms with van der Waals surface area (Å²) in [5.74, 6) is 0. The lowest BCUT2D eigenvalue weighted by molar-refractivity contribution is 1.08. The van der Waals surface area contributed by atoms with Crippen LogP contribution < -0.4 is 31.1 Å². The average Bonchev–Trinajstić information content (AvgIpc) is 3.11. The van der Waals surface area contributed by atoms with Gasteiger partial charge >= 0.3 is 0 Å². The van der Waals surface area contributed by atoms with Crippen LogP contribution in [0.25, 0.3) is 0 Å². The van der Waals surface area contributed by atoms with Gasteiger partial charge in [0.25, 0.3) is 0 Å². The number of hydrogen-bond acceptors (Lipinski definition) is 0. The Kier molecular flexibility index (Phi) is 9.74. The summed E-state index contributed by atoms with van der Waals surface area (Å²) < 4.78 is 0. The highest BCUT2D eigenvalue weighted by Crippen LogP contribution is 2.47. The Bertz CT molecular complexity index is 1590. The molecular weight excluding hydrogens is 617 g/mol. The van der Waals surface area contributed by atoms with E-state index in [1.807, 2.05) is 0 Å². The quantitative estimate of drug-likeness (QED) is 0.173. The van der Waals surface area contributed by atoms with Crippen molar-refractivity contribution in [1.82, 2.24) is 0 Å². The second-order valence-electron chi connectivity index (χ2n) is 17.8. The van der Waals surface area contributed by atoms with Crippen molar-refractivity contribution in [3.8, 4) is 0 Å². The summed E-state index contributed by atoms with van der Waals surface area (Å²) >= 11 is 0. The van der Waals surface area contributed by atoms with Gasteiger partial charge in [-0.05, 0) is 129 Å². The Hall–Kier alpha value is -1.99. The number of rotatable bonds is 7. The highest BCUT2D eigenvalue weighted by molar-refractivity contribution is 7.14. The van der Waals surface area contributed by atoms with Crippen molar-refractivity contribution in [1.29, 1.82) is 0 Å². The van der Waals surface area contributed by atoms with Crippen LogP contribution in [0.5, 0.6) is 0 Å². The first-order valence-electron chi connectivity index (χ1n) is 17.6. The van der Waals surface area contributed by atoms with Crippen LogP contribution in [0.2, 0.25) is 64.5 Å². The zero-order valence-corrected chi connectivity index (χ0v) is 37.0. The molecule has 3 aromatic rings. The topological polar surface area (TPSA) is 0 Å². The second kappa shape index (κ2) is 12.2. The highest BCUT2D eigenvalue weighted by atomic mass is 28.3. The lowest BCUT2D eigenvalue weighted by Crippen LogP contribution is -2.73. The molecule has 0 heterocycles. The van der Waals surface area contributed by atoms with Crippen LogP contribution in [0.1, 0.15) is 61.1 Å². The third-order valence-electron chi connectivity index (χ3n) is 12.1. The zero-order chi connectivity index (χ0) is 35.1. The minimum Gasteiger partial charge on any atom is -0.0656 e. The summed E-state index contributed by atoms with van der Waals surface area (Å²) in [6.07, 6.45) is 0. The van der Waals surface area contributed by atoms with E-state index in [0.29, 0.717) is 5.54 Å². The first kappa shape index (κ1) is 36.8. The predicted octanol–water partition coefficient (Wildman–Crippen LogP) is 8.70. The number of allylic oxidation sites excluding steroid dienone is 4. The van der Waals surface area contributed by atoms with Crippen molar-refractivity contribution in [2.24, 2.45) is 0 Å². The first-order valence-corrected chi connectivity index (χ1v) is 30.2. The molecule has 0 saturated heterocycles. The molecule has 0 aromatic heterocycles. The number of hydrogen-bond donors (Lipinski definition) is 0. The van der Waals surface area contributed by atoms with E-state index in [1.54, 1.807) is 42.3 Å². The van der Waals surface area contributed by atoms with Crippen molar-refractivity contribution in [3.05, 3.63) is 92.1 Å². The highest BCUT2D eigenvalue weighted by Gasteiger charge is 2.53. The first-order chi connectivity index (χ1) is 20.9. The summed E-state index contributed by atoms with van der Waals surface area (Å²) in [5.41, 5.74) is 15.8. The molecule has 0 aliphatic heterocycles. The standard InChI is InChI=1S/C42H64Si4/c1-26-27(2)35(10)42(34(26)9)46(39-23-20-36(43(11,12)13)28(3)31(39)6,40-24-21-37(44(14,15)16)29(4)32(40)7)41-25-22-38(45(17,18)19)30(5)33(41)8/h20-25,42H,1-19H3. The molecule has 0 saturated carbocycles. The molecule has 0 atom stereocenters. The van der Waals surface area contributed by atoms with Gasteiger partial charge in [-0.2, -0.15) is 0 Å². The molecule has 0 bridgehead atoms. The van der Waals surface area contributed by atoms with E-state index < -0.39 is 32.3 Å². The maximum Gasteiger partial charge on any atom is 0.160 e. The molecule has 0 fully saturated rings. The third-order valence-corrected chi connectivity index (χ3v) is 24.5. The SMILES string of the molecule is CC1=C(C)C([Si](c2ccc([Si](C)(C)C)c(C)c2C)(c2ccc([Si](C)(C)C)c(C)c2C)c2ccc([Si](C)(C)C)c(C)c2C)C(C)=C1C. The van der Waals surface area contributed by atoms with Gasteiger partial charge in [-0.3, -0.25) is 0 Å². The van der Waals surface area contributed by atoms with Gasteiger partial charge in [-0.15, -0.1) is 0 Å². The molecule has 46 heavy (non-hydrogen) atoms. The molecule has 1 aliphatic rings. The van der Waals surface area contributed by atoms with Crippen LogP contribution in [-0.2, 0) is 0 Å². The zero-order valence-electron chi connectivity index (χ0n) is 33.0. The Morgan fingerprint density at radius 1 is 0.326 bits per heavy atom. The van der Waals surface area contributed by atoms with Crippen LogP contribution in [0.4, 0.5) is 0 Å². The minimum absolute atomic E-state index is 0.384. The molecule has 3 aromatic carbocycles. The molecule has 0 amide bonds. The van der Waals surface area contributed by atoms with Crippen LogP contribution in [-0.4, -0.2) is 32.3 Å². The summed E-state index contributed by atoms with van der Waals surface area (Å²) in [4.78, 5) is 0. The Morgan fingerprint density at radius 3 is 0.739 bits per heavy atom. The molecule has 4 rings (SSSR count). The van der Waals surface area contributed by atoms with E-state index in [4.69, 9.17) is 0 Å². The fraction of sp³-hybridized carbons (Fsp3) is 0.476. The number of benzene rings is 3. The van der Waals surface area contributed by atoms with Crippen LogP contribution >= 0.6 is 0 Å². The van der Waals surface area contributed by atoms with Gasteiger partial charge in [-0.1, -0.05) is 122 Å². The largest absolute Gasteiger partial charge is 0.160 e. The van der Waals surface area contributed by atoms with E-state index in [9.17, 15) is 0 Å². The van der Waals surface area contributed by atoms with Crippen molar-refractivity contribution in [2.75, 3.05) is 0 Å². The second-order valence-corrected chi connectivity index (χ2v) is 36.8. The summed E-state index contributed by atoms with van der Waals surface area (Å²) in [6.45, 7) is 47.0. The molecular formula is C42H64Si4. The normalized spacial score (nSPS) is 15.5. The van der Waals surface area contributed by atoms with Crippen molar-refractivity contribution < 1.29 is 0 Å². The van der Waals surface area contributed by atoms with E-state index in [-0.39, 0.29) is 0 Å². The van der Waals surface area contributed by atoms with Crippen LogP contribution in [0.3, 0.4) is 0 Å².